The maximum Gasteiger partial charge on any atom is 0.231 e. The molecule has 1 aliphatic rings. The summed E-state index contributed by atoms with van der Waals surface area (Å²) in [7, 11) is 0. The van der Waals surface area contributed by atoms with Crippen molar-refractivity contribution in [2.24, 2.45) is 22.7 Å². The van der Waals surface area contributed by atoms with Gasteiger partial charge in [0.05, 0.1) is 5.92 Å². The Morgan fingerprint density at radius 3 is 2.47 bits per heavy atom. The van der Waals surface area contributed by atoms with Crippen molar-refractivity contribution < 1.29 is 10.0 Å². The lowest BCUT2D eigenvalue weighted by atomic mass is 9.84. The third-order valence-electron chi connectivity index (χ3n) is 4.14. The van der Waals surface area contributed by atoms with Gasteiger partial charge in [-0.3, -0.25) is 4.79 Å². The number of hydrogen-bond donors (Lipinski definition) is 3. The van der Waals surface area contributed by atoms with Gasteiger partial charge in [-0.1, -0.05) is 31.8 Å². The minimum atomic E-state index is -0.501. The maximum absolute atomic E-state index is 12.2. The van der Waals surface area contributed by atoms with Crippen molar-refractivity contribution in [3.8, 4) is 0 Å². The van der Waals surface area contributed by atoms with E-state index in [2.05, 4.69) is 17.4 Å². The number of carbonyl (C=O) groups excluding carboxylic acids is 1. The zero-order chi connectivity index (χ0) is 14.3. The summed E-state index contributed by atoms with van der Waals surface area (Å²) < 4.78 is 0. The van der Waals surface area contributed by atoms with Gasteiger partial charge in [0.2, 0.25) is 5.91 Å². The molecule has 1 aliphatic carbocycles. The summed E-state index contributed by atoms with van der Waals surface area (Å²) in [6, 6.07) is 0.251. The lowest BCUT2D eigenvalue weighted by Gasteiger charge is -2.29. The molecule has 0 spiro atoms. The quantitative estimate of drug-likeness (QED) is 0.299. The average Bonchev–Trinajstić information content (AvgIpc) is 2.44. The monoisotopic (exact) mass is 269 g/mol. The molecule has 0 radical (unpaired) electrons. The van der Waals surface area contributed by atoms with Crippen LogP contribution in [-0.4, -0.2) is 23.0 Å². The predicted molar refractivity (Wildman–Crippen MR) is 76.0 cm³/mol. The van der Waals surface area contributed by atoms with Gasteiger partial charge < -0.3 is 16.3 Å². The van der Waals surface area contributed by atoms with Crippen molar-refractivity contribution >= 4 is 11.7 Å². The van der Waals surface area contributed by atoms with Crippen LogP contribution < -0.4 is 11.1 Å². The molecular weight excluding hydrogens is 242 g/mol. The second-order valence-corrected chi connectivity index (χ2v) is 5.50. The molecule has 0 aromatic heterocycles. The van der Waals surface area contributed by atoms with E-state index in [0.29, 0.717) is 6.42 Å². The van der Waals surface area contributed by atoms with E-state index in [1.807, 2.05) is 6.92 Å². The van der Waals surface area contributed by atoms with E-state index in [0.717, 1.165) is 25.2 Å². The Bertz CT molecular complexity index is 310. The zero-order valence-corrected chi connectivity index (χ0v) is 12.1. The molecule has 5 nitrogen and oxygen atoms in total. The SMILES string of the molecule is CCCC(C(=O)NC1CCC(CC)CC1)C(N)=NO. The number of amides is 1. The second-order valence-electron chi connectivity index (χ2n) is 5.50. The predicted octanol–water partition coefficient (Wildman–Crippen LogP) is 2.23. The first-order valence-electron chi connectivity index (χ1n) is 7.40. The molecule has 0 aromatic rings. The zero-order valence-electron chi connectivity index (χ0n) is 12.1. The molecule has 1 atom stereocenters. The minimum absolute atomic E-state index is 0.0154. The molecule has 0 aromatic carbocycles. The number of amidine groups is 1. The molecule has 1 amide bonds. The lowest BCUT2D eigenvalue weighted by molar-refractivity contribution is -0.124. The summed E-state index contributed by atoms with van der Waals surface area (Å²) in [6.07, 6.45) is 7.12. The number of carbonyl (C=O) groups is 1. The van der Waals surface area contributed by atoms with Crippen LogP contribution in [-0.2, 0) is 4.79 Å². The van der Waals surface area contributed by atoms with Crippen LogP contribution in [0.2, 0.25) is 0 Å². The van der Waals surface area contributed by atoms with Crippen LogP contribution in [0.5, 0.6) is 0 Å². The highest BCUT2D eigenvalue weighted by molar-refractivity contribution is 6.02. The van der Waals surface area contributed by atoms with Crippen molar-refractivity contribution in [3.63, 3.8) is 0 Å². The normalized spacial score (nSPS) is 25.9. The maximum atomic E-state index is 12.2. The van der Waals surface area contributed by atoms with Crippen molar-refractivity contribution in [2.75, 3.05) is 0 Å². The molecule has 4 N–H and O–H groups in total. The fourth-order valence-electron chi connectivity index (χ4n) is 2.79. The standard InChI is InChI=1S/C14H27N3O2/c1-3-5-12(13(15)17-19)14(18)16-11-8-6-10(4-2)7-9-11/h10-12,19H,3-9H2,1-2H3,(H2,15,17)(H,16,18). The molecular formula is C14H27N3O2. The first-order chi connectivity index (χ1) is 9.12. The topological polar surface area (TPSA) is 87.7 Å². The summed E-state index contributed by atoms with van der Waals surface area (Å²) in [4.78, 5) is 12.2. The van der Waals surface area contributed by atoms with Crippen LogP contribution in [0.25, 0.3) is 0 Å². The van der Waals surface area contributed by atoms with Gasteiger partial charge >= 0.3 is 0 Å². The van der Waals surface area contributed by atoms with Gasteiger partial charge in [0.25, 0.3) is 0 Å². The molecule has 0 saturated heterocycles. The van der Waals surface area contributed by atoms with Gasteiger partial charge in [-0.15, -0.1) is 0 Å². The highest BCUT2D eigenvalue weighted by atomic mass is 16.4. The van der Waals surface area contributed by atoms with Gasteiger partial charge in [0.15, 0.2) is 5.84 Å². The largest absolute Gasteiger partial charge is 0.409 e. The fourth-order valence-corrected chi connectivity index (χ4v) is 2.79. The molecule has 19 heavy (non-hydrogen) atoms. The van der Waals surface area contributed by atoms with Crippen molar-refractivity contribution in [1.82, 2.24) is 5.32 Å². The van der Waals surface area contributed by atoms with E-state index in [1.165, 1.54) is 19.3 Å². The van der Waals surface area contributed by atoms with Crippen LogP contribution in [0.15, 0.2) is 5.16 Å². The van der Waals surface area contributed by atoms with Crippen LogP contribution in [0.1, 0.15) is 58.8 Å². The van der Waals surface area contributed by atoms with Gasteiger partial charge in [0, 0.05) is 6.04 Å². The molecule has 1 saturated carbocycles. The molecule has 1 rings (SSSR count). The first-order valence-corrected chi connectivity index (χ1v) is 7.40. The van der Waals surface area contributed by atoms with Gasteiger partial charge in [-0.2, -0.15) is 0 Å². The molecule has 110 valence electrons. The number of oxime groups is 1. The fraction of sp³-hybridized carbons (Fsp3) is 0.857. The summed E-state index contributed by atoms with van der Waals surface area (Å²) >= 11 is 0. The highest BCUT2D eigenvalue weighted by Gasteiger charge is 2.26. The summed E-state index contributed by atoms with van der Waals surface area (Å²) in [5.41, 5.74) is 5.59. The third kappa shape index (κ3) is 4.73. The van der Waals surface area contributed by atoms with Crippen molar-refractivity contribution in [1.29, 1.82) is 0 Å². The Hall–Kier alpha value is -1.26. The first kappa shape index (κ1) is 15.8. The van der Waals surface area contributed by atoms with Crippen LogP contribution in [0, 0.1) is 11.8 Å². The Morgan fingerprint density at radius 2 is 2.00 bits per heavy atom. The van der Waals surface area contributed by atoms with Crippen molar-refractivity contribution in [3.05, 3.63) is 0 Å². The van der Waals surface area contributed by atoms with E-state index in [1.54, 1.807) is 0 Å². The lowest BCUT2D eigenvalue weighted by Crippen LogP contribution is -2.44. The number of nitrogens with one attached hydrogen (secondary N) is 1. The van der Waals surface area contributed by atoms with Crippen molar-refractivity contribution in [2.45, 2.75) is 64.8 Å². The van der Waals surface area contributed by atoms with E-state index < -0.39 is 5.92 Å². The van der Waals surface area contributed by atoms with Gasteiger partial charge in [0.1, 0.15) is 0 Å². The van der Waals surface area contributed by atoms with Gasteiger partial charge in [-0.25, -0.2) is 0 Å². The summed E-state index contributed by atoms with van der Waals surface area (Å²) in [5, 5.41) is 14.8. The average molecular weight is 269 g/mol. The smallest absolute Gasteiger partial charge is 0.231 e. The number of nitrogens with two attached hydrogens (primary N) is 1. The van der Waals surface area contributed by atoms with Crippen LogP contribution in [0.3, 0.4) is 0 Å². The van der Waals surface area contributed by atoms with E-state index in [4.69, 9.17) is 10.9 Å². The number of hydrogen-bond acceptors (Lipinski definition) is 3. The van der Waals surface area contributed by atoms with Gasteiger partial charge in [-0.05, 0) is 38.0 Å². The summed E-state index contributed by atoms with van der Waals surface area (Å²) in [6.45, 7) is 4.21. The van der Waals surface area contributed by atoms with E-state index in [-0.39, 0.29) is 17.8 Å². The Labute approximate surface area is 115 Å². The molecule has 1 unspecified atom stereocenters. The van der Waals surface area contributed by atoms with Crippen LogP contribution in [0.4, 0.5) is 0 Å². The molecule has 0 aliphatic heterocycles. The molecule has 0 bridgehead atoms. The highest BCUT2D eigenvalue weighted by Crippen LogP contribution is 2.26. The Kier molecular flexibility index (Phi) is 6.67. The number of nitrogens with zero attached hydrogens (tertiary/aromatic N) is 1. The Morgan fingerprint density at radius 1 is 1.37 bits per heavy atom. The van der Waals surface area contributed by atoms with Crippen LogP contribution >= 0.6 is 0 Å². The Balaban J connectivity index is 2.48. The molecule has 1 fully saturated rings. The molecule has 0 heterocycles. The third-order valence-corrected chi connectivity index (χ3v) is 4.14. The summed E-state index contributed by atoms with van der Waals surface area (Å²) in [5.74, 6) is 0.223. The number of rotatable bonds is 6. The van der Waals surface area contributed by atoms with E-state index in [9.17, 15) is 4.79 Å². The minimum Gasteiger partial charge on any atom is -0.409 e. The second kappa shape index (κ2) is 8.02. The van der Waals surface area contributed by atoms with E-state index >= 15 is 0 Å². The molecule has 5 heteroatoms.